The number of rotatable bonds is 6. The van der Waals surface area contributed by atoms with Crippen LogP contribution in [0.1, 0.15) is 39.2 Å². The third kappa shape index (κ3) is 4.35. The van der Waals surface area contributed by atoms with E-state index in [0.29, 0.717) is 12.3 Å². The van der Waals surface area contributed by atoms with Crippen LogP contribution in [0, 0.1) is 18.7 Å². The fourth-order valence-electron chi connectivity index (χ4n) is 2.69. The van der Waals surface area contributed by atoms with Crippen LogP contribution in [0.3, 0.4) is 0 Å². The molecule has 25 heavy (non-hydrogen) atoms. The summed E-state index contributed by atoms with van der Waals surface area (Å²) in [5.41, 5.74) is -0.257. The van der Waals surface area contributed by atoms with Gasteiger partial charge in [0.2, 0.25) is 5.91 Å². The van der Waals surface area contributed by atoms with Crippen LogP contribution in [0.15, 0.2) is 18.2 Å². The Morgan fingerprint density at radius 2 is 2.04 bits per heavy atom. The van der Waals surface area contributed by atoms with E-state index in [1.54, 1.807) is 19.9 Å². The van der Waals surface area contributed by atoms with Gasteiger partial charge in [-0.05, 0) is 50.3 Å². The zero-order valence-corrected chi connectivity index (χ0v) is 15.0. The number of halogens is 1. The molecule has 136 valence electrons. The molecule has 1 unspecified atom stereocenters. The maximum atomic E-state index is 13.8. The van der Waals surface area contributed by atoms with Crippen molar-refractivity contribution in [3.63, 3.8) is 0 Å². The zero-order chi connectivity index (χ0) is 18.8. The number of urea groups is 1. The van der Waals surface area contributed by atoms with Crippen molar-refractivity contribution in [2.75, 3.05) is 11.9 Å². The van der Waals surface area contributed by atoms with Crippen molar-refractivity contribution in [2.24, 2.45) is 5.92 Å². The highest BCUT2D eigenvalue weighted by Gasteiger charge is 2.47. The molecule has 0 bridgehead atoms. The number of anilines is 1. The summed E-state index contributed by atoms with van der Waals surface area (Å²) in [6, 6.07) is 3.80. The molecule has 4 amide bonds. The van der Waals surface area contributed by atoms with E-state index in [9.17, 15) is 18.8 Å². The molecule has 6 nitrogen and oxygen atoms in total. The average molecular weight is 349 g/mol. The summed E-state index contributed by atoms with van der Waals surface area (Å²) < 4.78 is 13.8. The van der Waals surface area contributed by atoms with E-state index in [2.05, 4.69) is 10.6 Å². The molecule has 0 aromatic heterocycles. The average Bonchev–Trinajstić information content (AvgIpc) is 2.72. The third-order valence-corrected chi connectivity index (χ3v) is 4.27. The third-order valence-electron chi connectivity index (χ3n) is 4.27. The molecular weight excluding hydrogens is 325 g/mol. The van der Waals surface area contributed by atoms with Gasteiger partial charge >= 0.3 is 6.03 Å². The molecule has 1 aromatic carbocycles. The molecule has 0 radical (unpaired) electrons. The number of aryl methyl sites for hydroxylation is 1. The maximum absolute atomic E-state index is 13.8. The van der Waals surface area contributed by atoms with Crippen molar-refractivity contribution < 1.29 is 18.8 Å². The second-order valence-corrected chi connectivity index (χ2v) is 7.12. The highest BCUT2D eigenvalue weighted by molar-refractivity contribution is 6.09. The second kappa shape index (κ2) is 7.21. The highest BCUT2D eigenvalue weighted by Crippen LogP contribution is 2.24. The van der Waals surface area contributed by atoms with Gasteiger partial charge in [0.15, 0.2) is 0 Å². The van der Waals surface area contributed by atoms with E-state index in [4.69, 9.17) is 0 Å². The summed E-state index contributed by atoms with van der Waals surface area (Å²) >= 11 is 0. The lowest BCUT2D eigenvalue weighted by molar-refractivity contribution is -0.133. The minimum Gasteiger partial charge on any atom is -0.323 e. The van der Waals surface area contributed by atoms with Crippen molar-refractivity contribution >= 4 is 23.5 Å². The monoisotopic (exact) mass is 349 g/mol. The maximum Gasteiger partial charge on any atom is 0.325 e. The van der Waals surface area contributed by atoms with Crippen LogP contribution in [0.2, 0.25) is 0 Å². The summed E-state index contributed by atoms with van der Waals surface area (Å²) in [7, 11) is 0. The minimum atomic E-state index is -1.00. The summed E-state index contributed by atoms with van der Waals surface area (Å²) in [6.07, 6.45) is 1.27. The topological polar surface area (TPSA) is 78.5 Å². The first-order valence-electron chi connectivity index (χ1n) is 8.32. The van der Waals surface area contributed by atoms with Gasteiger partial charge in [-0.2, -0.15) is 0 Å². The number of imide groups is 1. The molecule has 7 heteroatoms. The van der Waals surface area contributed by atoms with Gasteiger partial charge in [0, 0.05) is 0 Å². The van der Waals surface area contributed by atoms with Crippen molar-refractivity contribution in [3.05, 3.63) is 29.6 Å². The van der Waals surface area contributed by atoms with Crippen molar-refractivity contribution in [1.29, 1.82) is 0 Å². The lowest BCUT2D eigenvalue weighted by atomic mass is 9.92. The van der Waals surface area contributed by atoms with Crippen LogP contribution in [-0.2, 0) is 9.59 Å². The van der Waals surface area contributed by atoms with Crippen LogP contribution >= 0.6 is 0 Å². The predicted octanol–water partition coefficient (Wildman–Crippen LogP) is 2.82. The zero-order valence-electron chi connectivity index (χ0n) is 15.0. The van der Waals surface area contributed by atoms with Gasteiger partial charge in [-0.25, -0.2) is 9.18 Å². The first-order valence-corrected chi connectivity index (χ1v) is 8.32. The van der Waals surface area contributed by atoms with E-state index >= 15 is 0 Å². The summed E-state index contributed by atoms with van der Waals surface area (Å²) in [5, 5.41) is 5.05. The first kappa shape index (κ1) is 18.9. The largest absolute Gasteiger partial charge is 0.325 e. The molecule has 0 aliphatic carbocycles. The Bertz CT molecular complexity index is 705. The van der Waals surface area contributed by atoms with Gasteiger partial charge in [-0.1, -0.05) is 19.9 Å². The molecule has 1 atom stereocenters. The van der Waals surface area contributed by atoms with E-state index in [0.717, 1.165) is 16.9 Å². The van der Waals surface area contributed by atoms with Crippen LogP contribution in [0.5, 0.6) is 0 Å². The quantitative estimate of drug-likeness (QED) is 0.775. The summed E-state index contributed by atoms with van der Waals surface area (Å²) in [6.45, 7) is 7.01. The molecule has 0 saturated carbocycles. The Labute approximate surface area is 146 Å². The number of carbonyl (C=O) groups excluding carboxylic acids is 3. The Hall–Kier alpha value is -2.44. The Morgan fingerprint density at radius 3 is 2.64 bits per heavy atom. The Morgan fingerprint density at radius 1 is 1.36 bits per heavy atom. The molecule has 1 heterocycles. The van der Waals surface area contributed by atoms with Crippen LogP contribution in [-0.4, -0.2) is 34.8 Å². The van der Waals surface area contributed by atoms with Crippen molar-refractivity contribution in [1.82, 2.24) is 10.2 Å². The van der Waals surface area contributed by atoms with Crippen molar-refractivity contribution in [2.45, 2.75) is 46.1 Å². The fraction of sp³-hybridized carbons (Fsp3) is 0.500. The van der Waals surface area contributed by atoms with E-state index in [-0.39, 0.29) is 5.69 Å². The van der Waals surface area contributed by atoms with Crippen LogP contribution in [0.25, 0.3) is 0 Å². The van der Waals surface area contributed by atoms with Gasteiger partial charge in [0.05, 0.1) is 5.69 Å². The lowest BCUT2D eigenvalue weighted by Gasteiger charge is -2.22. The molecule has 1 aromatic rings. The van der Waals surface area contributed by atoms with Gasteiger partial charge in [-0.3, -0.25) is 14.5 Å². The summed E-state index contributed by atoms with van der Waals surface area (Å²) in [5.74, 6) is -1.23. The normalized spacial score (nSPS) is 20.2. The number of hydrogen-bond donors (Lipinski definition) is 2. The predicted molar refractivity (Wildman–Crippen MR) is 92.5 cm³/mol. The number of amides is 4. The van der Waals surface area contributed by atoms with Gasteiger partial charge < -0.3 is 10.6 Å². The molecule has 0 spiro atoms. The molecule has 2 rings (SSSR count). The minimum absolute atomic E-state index is 0.0187. The smallest absolute Gasteiger partial charge is 0.323 e. The molecule has 1 saturated heterocycles. The van der Waals surface area contributed by atoms with Crippen LogP contribution < -0.4 is 10.6 Å². The number of nitrogens with one attached hydrogen (secondary N) is 2. The summed E-state index contributed by atoms with van der Waals surface area (Å²) in [4.78, 5) is 37.6. The number of nitrogens with zero attached hydrogens (tertiary/aromatic N) is 1. The lowest BCUT2D eigenvalue weighted by Crippen LogP contribution is -2.44. The molecule has 1 aliphatic heterocycles. The second-order valence-electron chi connectivity index (χ2n) is 7.12. The molecule has 1 fully saturated rings. The number of carbonyl (C=O) groups is 3. The fourth-order valence-corrected chi connectivity index (χ4v) is 2.69. The molecule has 1 aliphatic rings. The Balaban J connectivity index is 2.03. The van der Waals surface area contributed by atoms with E-state index < -0.39 is 35.7 Å². The van der Waals surface area contributed by atoms with Gasteiger partial charge in [-0.15, -0.1) is 0 Å². The molecule has 2 N–H and O–H groups in total. The SMILES string of the molecule is Cc1ccc(NC(=O)CN2C(=O)NC(C)(CCC(C)C)C2=O)c(F)c1. The van der Waals surface area contributed by atoms with Crippen molar-refractivity contribution in [3.8, 4) is 0 Å². The van der Waals surface area contributed by atoms with E-state index in [1.165, 1.54) is 12.1 Å². The van der Waals surface area contributed by atoms with Gasteiger partial charge in [0.25, 0.3) is 5.91 Å². The van der Waals surface area contributed by atoms with Crippen LogP contribution in [0.4, 0.5) is 14.9 Å². The standard InChI is InChI=1S/C18H24FN3O3/c1-11(2)7-8-18(4)16(24)22(17(25)21-18)10-15(23)20-14-6-5-12(3)9-13(14)19/h5-6,9,11H,7-8,10H2,1-4H3,(H,20,23)(H,21,25). The molecular formula is C18H24FN3O3. The van der Waals surface area contributed by atoms with E-state index in [1.807, 2.05) is 13.8 Å². The Kier molecular flexibility index (Phi) is 5.45. The first-order chi connectivity index (χ1) is 11.6. The highest BCUT2D eigenvalue weighted by atomic mass is 19.1. The number of hydrogen-bond acceptors (Lipinski definition) is 3. The van der Waals surface area contributed by atoms with Gasteiger partial charge in [0.1, 0.15) is 17.9 Å². The number of benzene rings is 1.